The highest BCUT2D eigenvalue weighted by molar-refractivity contribution is 7.88. The summed E-state index contributed by atoms with van der Waals surface area (Å²) in [5, 5.41) is 3.44. The Bertz CT molecular complexity index is 427. The third-order valence-corrected chi connectivity index (χ3v) is 6.45. The van der Waals surface area contributed by atoms with E-state index in [1.807, 2.05) is 0 Å². The van der Waals surface area contributed by atoms with Crippen molar-refractivity contribution in [3.63, 3.8) is 0 Å². The van der Waals surface area contributed by atoms with E-state index in [0.717, 1.165) is 38.4 Å². The lowest BCUT2D eigenvalue weighted by atomic mass is 9.89. The summed E-state index contributed by atoms with van der Waals surface area (Å²) in [6.07, 6.45) is 5.91. The van der Waals surface area contributed by atoms with Crippen LogP contribution in [0.4, 0.5) is 0 Å². The first-order chi connectivity index (χ1) is 9.94. The van der Waals surface area contributed by atoms with Crippen LogP contribution in [0.2, 0.25) is 0 Å². The molecule has 0 aromatic heterocycles. The summed E-state index contributed by atoms with van der Waals surface area (Å²) < 4.78 is 25.1. The van der Waals surface area contributed by atoms with Crippen LogP contribution in [0, 0.1) is 11.8 Å². The Morgan fingerprint density at radius 3 is 2.57 bits per heavy atom. The molecule has 21 heavy (non-hydrogen) atoms. The highest BCUT2D eigenvalue weighted by Crippen LogP contribution is 2.24. The first-order valence-corrected chi connectivity index (χ1v) is 10.1. The maximum atomic E-state index is 11.7. The number of nitrogens with zero attached hydrogens (tertiary/aromatic N) is 2. The molecule has 0 bridgehead atoms. The zero-order valence-corrected chi connectivity index (χ0v) is 14.5. The second kappa shape index (κ2) is 7.40. The SMILES string of the molecule is CCC1CN(CC2CCCN(S(C)(=O)=O)C2)CCC1NC. The van der Waals surface area contributed by atoms with Gasteiger partial charge in [0.25, 0.3) is 0 Å². The van der Waals surface area contributed by atoms with Gasteiger partial charge in [0.1, 0.15) is 0 Å². The normalized spacial score (nSPS) is 33.2. The number of hydrogen-bond acceptors (Lipinski definition) is 4. The van der Waals surface area contributed by atoms with E-state index in [0.29, 0.717) is 25.0 Å². The maximum Gasteiger partial charge on any atom is 0.211 e. The van der Waals surface area contributed by atoms with E-state index in [9.17, 15) is 8.42 Å². The molecule has 0 aromatic rings. The van der Waals surface area contributed by atoms with E-state index in [-0.39, 0.29) is 0 Å². The van der Waals surface area contributed by atoms with E-state index in [2.05, 4.69) is 24.2 Å². The maximum absolute atomic E-state index is 11.7. The van der Waals surface area contributed by atoms with Gasteiger partial charge in [0.15, 0.2) is 0 Å². The molecule has 2 saturated heterocycles. The third kappa shape index (κ3) is 4.65. The second-order valence-corrected chi connectivity index (χ2v) is 8.72. The molecule has 3 atom stereocenters. The predicted octanol–water partition coefficient (Wildman–Crippen LogP) is 0.978. The Labute approximate surface area is 130 Å². The number of nitrogens with one attached hydrogen (secondary N) is 1. The van der Waals surface area contributed by atoms with Crippen molar-refractivity contribution < 1.29 is 8.42 Å². The molecule has 2 rings (SSSR count). The van der Waals surface area contributed by atoms with Crippen molar-refractivity contribution in [2.75, 3.05) is 46.0 Å². The highest BCUT2D eigenvalue weighted by Gasteiger charge is 2.31. The van der Waals surface area contributed by atoms with Gasteiger partial charge in [-0.25, -0.2) is 12.7 Å². The molecule has 2 aliphatic rings. The second-order valence-electron chi connectivity index (χ2n) is 6.74. The molecule has 0 spiro atoms. The third-order valence-electron chi connectivity index (χ3n) is 5.18. The van der Waals surface area contributed by atoms with Crippen molar-refractivity contribution in [2.24, 2.45) is 11.8 Å². The molecule has 2 aliphatic heterocycles. The van der Waals surface area contributed by atoms with Crippen LogP contribution in [0.5, 0.6) is 0 Å². The van der Waals surface area contributed by atoms with E-state index < -0.39 is 10.0 Å². The zero-order chi connectivity index (χ0) is 15.5. The molecule has 0 saturated carbocycles. The molecule has 124 valence electrons. The molecule has 5 nitrogen and oxygen atoms in total. The molecular weight excluding hydrogens is 286 g/mol. The Balaban J connectivity index is 1.87. The van der Waals surface area contributed by atoms with Gasteiger partial charge < -0.3 is 10.2 Å². The van der Waals surface area contributed by atoms with Crippen molar-refractivity contribution in [3.8, 4) is 0 Å². The molecule has 0 aromatic carbocycles. The van der Waals surface area contributed by atoms with Crippen LogP contribution in [-0.2, 0) is 10.0 Å². The number of hydrogen-bond donors (Lipinski definition) is 1. The monoisotopic (exact) mass is 317 g/mol. The largest absolute Gasteiger partial charge is 0.317 e. The summed E-state index contributed by atoms with van der Waals surface area (Å²) in [6, 6.07) is 0.644. The molecule has 6 heteroatoms. The average Bonchev–Trinajstić information content (AvgIpc) is 2.46. The summed E-state index contributed by atoms with van der Waals surface area (Å²) in [5.41, 5.74) is 0. The molecule has 3 unspecified atom stereocenters. The fourth-order valence-corrected chi connectivity index (χ4v) is 4.85. The lowest BCUT2D eigenvalue weighted by Gasteiger charge is -2.41. The van der Waals surface area contributed by atoms with E-state index in [1.165, 1.54) is 19.1 Å². The van der Waals surface area contributed by atoms with Gasteiger partial charge in [0.05, 0.1) is 6.26 Å². The Kier molecular flexibility index (Phi) is 6.05. The van der Waals surface area contributed by atoms with Crippen LogP contribution in [-0.4, -0.2) is 69.7 Å². The van der Waals surface area contributed by atoms with E-state index >= 15 is 0 Å². The summed E-state index contributed by atoms with van der Waals surface area (Å²) in [5.74, 6) is 1.22. The zero-order valence-electron chi connectivity index (χ0n) is 13.7. The standard InChI is InChI=1S/C15H31N3O2S/c1-4-14-12-17(9-7-15(14)16-2)10-13-6-5-8-18(11-13)21(3,19)20/h13-16H,4-12H2,1-3H3. The number of likely N-dealkylation sites (tertiary alicyclic amines) is 1. The van der Waals surface area contributed by atoms with Crippen LogP contribution < -0.4 is 5.32 Å². The summed E-state index contributed by atoms with van der Waals surface area (Å²) in [6.45, 7) is 7.02. The van der Waals surface area contributed by atoms with Crippen molar-refractivity contribution in [3.05, 3.63) is 0 Å². The van der Waals surface area contributed by atoms with Gasteiger partial charge in [-0.1, -0.05) is 13.3 Å². The van der Waals surface area contributed by atoms with E-state index in [4.69, 9.17) is 0 Å². The van der Waals surface area contributed by atoms with Crippen LogP contribution in [0.1, 0.15) is 32.6 Å². The highest BCUT2D eigenvalue weighted by atomic mass is 32.2. The molecule has 2 fully saturated rings. The Morgan fingerprint density at radius 1 is 1.19 bits per heavy atom. The van der Waals surface area contributed by atoms with Crippen LogP contribution in [0.15, 0.2) is 0 Å². The average molecular weight is 317 g/mol. The van der Waals surface area contributed by atoms with Gasteiger partial charge in [-0.05, 0) is 44.7 Å². The number of piperidine rings is 2. The quantitative estimate of drug-likeness (QED) is 0.821. The van der Waals surface area contributed by atoms with Gasteiger partial charge >= 0.3 is 0 Å². The predicted molar refractivity (Wildman–Crippen MR) is 86.8 cm³/mol. The first-order valence-electron chi connectivity index (χ1n) is 8.28. The molecule has 0 radical (unpaired) electrons. The summed E-state index contributed by atoms with van der Waals surface area (Å²) in [4.78, 5) is 2.55. The van der Waals surface area contributed by atoms with Crippen molar-refractivity contribution in [2.45, 2.75) is 38.6 Å². The smallest absolute Gasteiger partial charge is 0.211 e. The van der Waals surface area contributed by atoms with Crippen molar-refractivity contribution in [1.29, 1.82) is 0 Å². The van der Waals surface area contributed by atoms with Crippen LogP contribution in [0.25, 0.3) is 0 Å². The Morgan fingerprint density at radius 2 is 1.95 bits per heavy atom. The fourth-order valence-electron chi connectivity index (χ4n) is 3.91. The minimum absolute atomic E-state index is 0.497. The van der Waals surface area contributed by atoms with Gasteiger partial charge in [0.2, 0.25) is 10.0 Å². The van der Waals surface area contributed by atoms with Gasteiger partial charge in [0, 0.05) is 32.2 Å². The van der Waals surface area contributed by atoms with Gasteiger partial charge in [-0.2, -0.15) is 0 Å². The summed E-state index contributed by atoms with van der Waals surface area (Å²) >= 11 is 0. The van der Waals surface area contributed by atoms with Crippen molar-refractivity contribution in [1.82, 2.24) is 14.5 Å². The van der Waals surface area contributed by atoms with Crippen LogP contribution in [0.3, 0.4) is 0 Å². The van der Waals surface area contributed by atoms with Crippen LogP contribution >= 0.6 is 0 Å². The van der Waals surface area contributed by atoms with Crippen molar-refractivity contribution >= 4 is 10.0 Å². The Hall–Kier alpha value is -0.170. The fraction of sp³-hybridized carbons (Fsp3) is 1.00. The molecule has 2 heterocycles. The molecule has 1 N–H and O–H groups in total. The summed E-state index contributed by atoms with van der Waals surface area (Å²) in [7, 11) is -0.959. The van der Waals surface area contributed by atoms with Gasteiger partial charge in [-0.15, -0.1) is 0 Å². The topological polar surface area (TPSA) is 52.7 Å². The molecule has 0 aliphatic carbocycles. The minimum atomic E-state index is -3.02. The van der Waals surface area contributed by atoms with E-state index in [1.54, 1.807) is 4.31 Å². The molecular formula is C15H31N3O2S. The lowest BCUT2D eigenvalue weighted by Crippen LogP contribution is -2.51. The lowest BCUT2D eigenvalue weighted by molar-refractivity contribution is 0.106. The molecule has 0 amide bonds. The number of sulfonamides is 1. The minimum Gasteiger partial charge on any atom is -0.317 e. The first kappa shape index (κ1) is 17.2. The van der Waals surface area contributed by atoms with Gasteiger partial charge in [-0.3, -0.25) is 0 Å². The number of rotatable bonds is 5.